The molecule has 15 heavy (non-hydrogen) atoms. The van der Waals surface area contributed by atoms with Gasteiger partial charge in [-0.2, -0.15) is 0 Å². The summed E-state index contributed by atoms with van der Waals surface area (Å²) in [7, 11) is 0. The summed E-state index contributed by atoms with van der Waals surface area (Å²) in [5, 5.41) is 0. The van der Waals surface area contributed by atoms with Gasteiger partial charge in [-0.3, -0.25) is 0 Å². The van der Waals surface area contributed by atoms with Crippen molar-refractivity contribution in [2.75, 3.05) is 0 Å². The Morgan fingerprint density at radius 3 is 2.87 bits per heavy atom. The molecule has 82 valence electrons. The average molecular weight is 206 g/mol. The normalized spacial score (nSPS) is 17.7. The molecule has 0 atom stereocenters. The van der Waals surface area contributed by atoms with Crippen LogP contribution in [0.5, 0.6) is 5.88 Å². The smallest absolute Gasteiger partial charge is 0.218 e. The van der Waals surface area contributed by atoms with Crippen LogP contribution in [0.3, 0.4) is 0 Å². The molecule has 0 radical (unpaired) electrons. The van der Waals surface area contributed by atoms with E-state index in [9.17, 15) is 0 Å². The van der Waals surface area contributed by atoms with Crippen molar-refractivity contribution in [2.45, 2.75) is 44.8 Å². The van der Waals surface area contributed by atoms with Gasteiger partial charge in [0.15, 0.2) is 0 Å². The molecule has 1 aliphatic rings. The Balaban J connectivity index is 2.02. The Labute approximate surface area is 90.7 Å². The van der Waals surface area contributed by atoms with Crippen LogP contribution in [-0.2, 0) is 6.54 Å². The van der Waals surface area contributed by atoms with Crippen molar-refractivity contribution in [3.8, 4) is 5.88 Å². The summed E-state index contributed by atoms with van der Waals surface area (Å²) < 4.78 is 5.89. The minimum atomic E-state index is 0.346. The molecule has 0 saturated heterocycles. The maximum atomic E-state index is 5.89. The Bertz CT molecular complexity index is 308. The maximum absolute atomic E-state index is 5.89. The second-order valence-electron chi connectivity index (χ2n) is 4.05. The van der Waals surface area contributed by atoms with Crippen molar-refractivity contribution in [1.82, 2.24) is 4.98 Å². The molecule has 2 N–H and O–H groups in total. The number of aromatic nitrogens is 1. The van der Waals surface area contributed by atoms with Crippen LogP contribution in [0.25, 0.3) is 0 Å². The Morgan fingerprint density at radius 2 is 2.13 bits per heavy atom. The summed E-state index contributed by atoms with van der Waals surface area (Å²) in [6.45, 7) is 0.496. The zero-order valence-corrected chi connectivity index (χ0v) is 8.98. The van der Waals surface area contributed by atoms with Gasteiger partial charge in [-0.1, -0.05) is 12.5 Å². The molecule has 1 aliphatic carbocycles. The monoisotopic (exact) mass is 206 g/mol. The summed E-state index contributed by atoms with van der Waals surface area (Å²) >= 11 is 0. The molecule has 0 bridgehead atoms. The fourth-order valence-electron chi connectivity index (χ4n) is 2.03. The molecule has 1 heterocycles. The molecule has 0 unspecified atom stereocenters. The van der Waals surface area contributed by atoms with E-state index in [2.05, 4.69) is 4.98 Å². The van der Waals surface area contributed by atoms with Gasteiger partial charge in [0.1, 0.15) is 6.10 Å². The molecule has 0 spiro atoms. The van der Waals surface area contributed by atoms with E-state index in [1.54, 1.807) is 6.20 Å². The first kappa shape index (κ1) is 10.4. The Morgan fingerprint density at radius 1 is 1.33 bits per heavy atom. The predicted molar refractivity (Wildman–Crippen MR) is 59.6 cm³/mol. The molecule has 3 nitrogen and oxygen atoms in total. The first-order valence-corrected chi connectivity index (χ1v) is 5.71. The van der Waals surface area contributed by atoms with E-state index >= 15 is 0 Å². The van der Waals surface area contributed by atoms with Crippen LogP contribution in [0.2, 0.25) is 0 Å². The van der Waals surface area contributed by atoms with E-state index in [1.165, 1.54) is 19.3 Å². The van der Waals surface area contributed by atoms with Crippen molar-refractivity contribution in [2.24, 2.45) is 5.73 Å². The number of nitrogens with two attached hydrogens (primary N) is 1. The SMILES string of the molecule is NCc1cccnc1OC1CCCCC1. The summed E-state index contributed by atoms with van der Waals surface area (Å²) in [5.41, 5.74) is 6.64. The van der Waals surface area contributed by atoms with E-state index in [-0.39, 0.29) is 0 Å². The fourth-order valence-corrected chi connectivity index (χ4v) is 2.03. The topological polar surface area (TPSA) is 48.1 Å². The van der Waals surface area contributed by atoms with Gasteiger partial charge in [-0.25, -0.2) is 4.98 Å². The number of rotatable bonds is 3. The highest BCUT2D eigenvalue weighted by Crippen LogP contribution is 2.23. The number of pyridine rings is 1. The van der Waals surface area contributed by atoms with Gasteiger partial charge in [0.2, 0.25) is 5.88 Å². The van der Waals surface area contributed by atoms with Gasteiger partial charge in [0.25, 0.3) is 0 Å². The predicted octanol–water partition coefficient (Wildman–Crippen LogP) is 2.25. The lowest BCUT2D eigenvalue weighted by Gasteiger charge is -2.23. The zero-order valence-electron chi connectivity index (χ0n) is 8.98. The fraction of sp³-hybridized carbons (Fsp3) is 0.583. The van der Waals surface area contributed by atoms with Crippen molar-refractivity contribution in [3.63, 3.8) is 0 Å². The molecule has 1 fully saturated rings. The molecule has 0 aliphatic heterocycles. The van der Waals surface area contributed by atoms with Gasteiger partial charge in [-0.05, 0) is 31.7 Å². The van der Waals surface area contributed by atoms with Crippen LogP contribution >= 0.6 is 0 Å². The van der Waals surface area contributed by atoms with Crippen LogP contribution in [-0.4, -0.2) is 11.1 Å². The van der Waals surface area contributed by atoms with Crippen molar-refractivity contribution in [3.05, 3.63) is 23.9 Å². The summed E-state index contributed by atoms with van der Waals surface area (Å²) in [5.74, 6) is 0.729. The quantitative estimate of drug-likeness (QED) is 0.825. The third kappa shape index (κ3) is 2.69. The number of ether oxygens (including phenoxy) is 1. The minimum Gasteiger partial charge on any atom is -0.474 e. The number of nitrogens with zero attached hydrogens (tertiary/aromatic N) is 1. The molecule has 1 aromatic rings. The van der Waals surface area contributed by atoms with Crippen LogP contribution in [0.15, 0.2) is 18.3 Å². The third-order valence-electron chi connectivity index (χ3n) is 2.90. The van der Waals surface area contributed by atoms with E-state index < -0.39 is 0 Å². The standard InChI is InChI=1S/C12H18N2O/c13-9-10-5-4-8-14-12(10)15-11-6-2-1-3-7-11/h4-5,8,11H,1-3,6-7,9,13H2. The van der Waals surface area contributed by atoms with Crippen LogP contribution in [0.4, 0.5) is 0 Å². The second-order valence-corrected chi connectivity index (χ2v) is 4.05. The van der Waals surface area contributed by atoms with Gasteiger partial charge in [0, 0.05) is 18.3 Å². The van der Waals surface area contributed by atoms with E-state index in [4.69, 9.17) is 10.5 Å². The lowest BCUT2D eigenvalue weighted by Crippen LogP contribution is -2.21. The largest absolute Gasteiger partial charge is 0.474 e. The average Bonchev–Trinajstić information content (AvgIpc) is 2.31. The second kappa shape index (κ2) is 5.12. The molecule has 0 aromatic carbocycles. The van der Waals surface area contributed by atoms with E-state index in [0.717, 1.165) is 24.3 Å². The van der Waals surface area contributed by atoms with Crippen molar-refractivity contribution < 1.29 is 4.74 Å². The van der Waals surface area contributed by atoms with Crippen LogP contribution < -0.4 is 10.5 Å². The Hall–Kier alpha value is -1.09. The number of hydrogen-bond acceptors (Lipinski definition) is 3. The summed E-state index contributed by atoms with van der Waals surface area (Å²) in [4.78, 5) is 4.24. The molecule has 2 rings (SSSR count). The highest BCUT2D eigenvalue weighted by molar-refractivity contribution is 5.25. The van der Waals surface area contributed by atoms with Crippen molar-refractivity contribution in [1.29, 1.82) is 0 Å². The highest BCUT2D eigenvalue weighted by atomic mass is 16.5. The van der Waals surface area contributed by atoms with E-state index in [0.29, 0.717) is 12.6 Å². The lowest BCUT2D eigenvalue weighted by atomic mass is 9.98. The lowest BCUT2D eigenvalue weighted by molar-refractivity contribution is 0.147. The summed E-state index contributed by atoms with van der Waals surface area (Å²) in [6, 6.07) is 3.88. The first-order valence-electron chi connectivity index (χ1n) is 5.71. The molecular formula is C12H18N2O. The molecule has 1 saturated carbocycles. The molecular weight excluding hydrogens is 188 g/mol. The van der Waals surface area contributed by atoms with Crippen molar-refractivity contribution >= 4 is 0 Å². The van der Waals surface area contributed by atoms with Crippen LogP contribution in [0.1, 0.15) is 37.7 Å². The van der Waals surface area contributed by atoms with Crippen LogP contribution in [0, 0.1) is 0 Å². The van der Waals surface area contributed by atoms with Gasteiger partial charge < -0.3 is 10.5 Å². The number of hydrogen-bond donors (Lipinski definition) is 1. The minimum absolute atomic E-state index is 0.346. The van der Waals surface area contributed by atoms with Gasteiger partial charge >= 0.3 is 0 Å². The molecule has 3 heteroatoms. The first-order chi connectivity index (χ1) is 7.40. The zero-order chi connectivity index (χ0) is 10.5. The summed E-state index contributed by atoms with van der Waals surface area (Å²) in [6.07, 6.45) is 8.30. The third-order valence-corrected chi connectivity index (χ3v) is 2.90. The highest BCUT2D eigenvalue weighted by Gasteiger charge is 2.16. The maximum Gasteiger partial charge on any atom is 0.218 e. The van der Waals surface area contributed by atoms with Gasteiger partial charge in [-0.15, -0.1) is 0 Å². The van der Waals surface area contributed by atoms with Gasteiger partial charge in [0.05, 0.1) is 0 Å². The van der Waals surface area contributed by atoms with E-state index in [1.807, 2.05) is 12.1 Å². The molecule has 1 aromatic heterocycles. The Kier molecular flexibility index (Phi) is 3.56. The molecule has 0 amide bonds.